The highest BCUT2D eigenvalue weighted by Crippen LogP contribution is 2.29. The predicted octanol–water partition coefficient (Wildman–Crippen LogP) is 2.39. The van der Waals surface area contributed by atoms with E-state index in [4.69, 9.17) is 0 Å². The molecule has 0 aromatic carbocycles. The Hall–Kier alpha value is -0.610. The first-order valence-corrected chi connectivity index (χ1v) is 9.87. The molecule has 23 heavy (non-hydrogen) atoms. The molecule has 0 spiro atoms. The Balaban J connectivity index is 1.33. The molecular formula is C19H35N3O. The van der Waals surface area contributed by atoms with Crippen LogP contribution in [-0.2, 0) is 4.79 Å². The van der Waals surface area contributed by atoms with Crippen LogP contribution >= 0.6 is 0 Å². The Morgan fingerprint density at radius 2 is 1.78 bits per heavy atom. The van der Waals surface area contributed by atoms with E-state index in [-0.39, 0.29) is 5.91 Å². The Bertz CT molecular complexity index is 388. The first kappa shape index (κ1) is 17.2. The predicted molar refractivity (Wildman–Crippen MR) is 94.3 cm³/mol. The van der Waals surface area contributed by atoms with Gasteiger partial charge in [-0.1, -0.05) is 26.7 Å². The molecule has 3 rings (SSSR count). The molecule has 1 aliphatic heterocycles. The summed E-state index contributed by atoms with van der Waals surface area (Å²) in [5.74, 6) is 2.55. The van der Waals surface area contributed by atoms with Gasteiger partial charge < -0.3 is 10.6 Å². The van der Waals surface area contributed by atoms with Gasteiger partial charge >= 0.3 is 0 Å². The summed E-state index contributed by atoms with van der Waals surface area (Å²) < 4.78 is 0. The van der Waals surface area contributed by atoms with Crippen LogP contribution in [-0.4, -0.2) is 49.1 Å². The highest BCUT2D eigenvalue weighted by molar-refractivity contribution is 5.78. The molecule has 1 amide bonds. The van der Waals surface area contributed by atoms with E-state index in [0.29, 0.717) is 24.5 Å². The number of nitrogens with zero attached hydrogens (tertiary/aromatic N) is 1. The Labute approximate surface area is 141 Å². The van der Waals surface area contributed by atoms with Crippen molar-refractivity contribution in [2.75, 3.05) is 26.2 Å². The van der Waals surface area contributed by atoms with Crippen LogP contribution in [0.15, 0.2) is 0 Å². The minimum Gasteiger partial charge on any atom is -0.352 e. The quantitative estimate of drug-likeness (QED) is 0.789. The highest BCUT2D eigenvalue weighted by Gasteiger charge is 2.29. The third kappa shape index (κ3) is 5.18. The van der Waals surface area contributed by atoms with E-state index < -0.39 is 0 Å². The molecule has 4 nitrogen and oxygen atoms in total. The van der Waals surface area contributed by atoms with Crippen molar-refractivity contribution in [3.8, 4) is 0 Å². The van der Waals surface area contributed by atoms with Crippen molar-refractivity contribution in [1.82, 2.24) is 15.5 Å². The zero-order valence-electron chi connectivity index (χ0n) is 15.0. The number of nitrogens with one attached hydrogen (secondary N) is 2. The average Bonchev–Trinajstić information content (AvgIpc) is 3.35. The fourth-order valence-electron chi connectivity index (χ4n) is 4.19. The molecule has 3 aliphatic rings. The number of amides is 1. The van der Waals surface area contributed by atoms with Crippen LogP contribution in [0.2, 0.25) is 0 Å². The van der Waals surface area contributed by atoms with Crippen molar-refractivity contribution in [3.05, 3.63) is 0 Å². The monoisotopic (exact) mass is 321 g/mol. The van der Waals surface area contributed by atoms with E-state index in [0.717, 1.165) is 31.3 Å². The first-order chi connectivity index (χ1) is 11.1. The molecule has 4 heteroatoms. The van der Waals surface area contributed by atoms with Crippen LogP contribution in [0.3, 0.4) is 0 Å². The molecule has 0 aromatic rings. The molecule has 3 atom stereocenters. The topological polar surface area (TPSA) is 44.4 Å². The standard InChI is InChI=1S/C19H35N3O/c1-14-4-3-5-18(15(14)2)21-19(23)13-22-10-8-17(9-11-22)20-12-16-6-7-16/h14-18,20H,3-13H2,1-2H3,(H,21,23). The molecule has 0 radical (unpaired) electrons. The molecule has 1 heterocycles. The number of likely N-dealkylation sites (tertiary alicyclic amines) is 1. The molecule has 2 aliphatic carbocycles. The molecule has 0 aromatic heterocycles. The maximum atomic E-state index is 12.4. The third-order valence-electron chi connectivity index (χ3n) is 6.40. The third-order valence-corrected chi connectivity index (χ3v) is 6.40. The number of carbonyl (C=O) groups is 1. The van der Waals surface area contributed by atoms with E-state index in [2.05, 4.69) is 29.4 Å². The molecule has 132 valence electrons. The maximum Gasteiger partial charge on any atom is 0.234 e. The van der Waals surface area contributed by atoms with Gasteiger partial charge in [-0.05, 0) is 56.4 Å². The Kier molecular flexibility index (Phi) is 5.97. The van der Waals surface area contributed by atoms with Crippen molar-refractivity contribution >= 4 is 5.91 Å². The summed E-state index contributed by atoms with van der Waals surface area (Å²) in [5, 5.41) is 7.02. The highest BCUT2D eigenvalue weighted by atomic mass is 16.2. The normalized spacial score (nSPS) is 33.6. The van der Waals surface area contributed by atoms with Crippen molar-refractivity contribution in [3.63, 3.8) is 0 Å². The fourth-order valence-corrected chi connectivity index (χ4v) is 4.19. The Morgan fingerprint density at radius 3 is 2.48 bits per heavy atom. The number of hydrogen-bond donors (Lipinski definition) is 2. The van der Waals surface area contributed by atoms with Crippen molar-refractivity contribution in [2.45, 2.75) is 70.9 Å². The lowest BCUT2D eigenvalue weighted by atomic mass is 9.78. The molecule has 2 saturated carbocycles. The van der Waals surface area contributed by atoms with Crippen LogP contribution < -0.4 is 10.6 Å². The summed E-state index contributed by atoms with van der Waals surface area (Å²) >= 11 is 0. The molecule has 3 fully saturated rings. The van der Waals surface area contributed by atoms with E-state index in [1.54, 1.807) is 0 Å². The number of hydrogen-bond acceptors (Lipinski definition) is 3. The van der Waals surface area contributed by atoms with Crippen molar-refractivity contribution < 1.29 is 4.79 Å². The number of piperidine rings is 1. The summed E-state index contributed by atoms with van der Waals surface area (Å²) in [4.78, 5) is 14.7. The van der Waals surface area contributed by atoms with Crippen molar-refractivity contribution in [2.24, 2.45) is 17.8 Å². The van der Waals surface area contributed by atoms with E-state index in [1.165, 1.54) is 45.1 Å². The molecule has 0 bridgehead atoms. The van der Waals surface area contributed by atoms with Gasteiger partial charge in [0.2, 0.25) is 5.91 Å². The summed E-state index contributed by atoms with van der Waals surface area (Å²) in [6, 6.07) is 1.07. The zero-order valence-corrected chi connectivity index (χ0v) is 15.0. The van der Waals surface area contributed by atoms with Crippen LogP contribution in [0.25, 0.3) is 0 Å². The van der Waals surface area contributed by atoms with E-state index in [9.17, 15) is 4.79 Å². The lowest BCUT2D eigenvalue weighted by Gasteiger charge is -2.36. The summed E-state index contributed by atoms with van der Waals surface area (Å²) in [7, 11) is 0. The lowest BCUT2D eigenvalue weighted by Crippen LogP contribution is -2.50. The van der Waals surface area contributed by atoms with Crippen molar-refractivity contribution in [1.29, 1.82) is 0 Å². The molecule has 2 N–H and O–H groups in total. The minimum absolute atomic E-state index is 0.236. The summed E-state index contributed by atoms with van der Waals surface area (Å²) in [6.07, 6.45) is 8.95. The average molecular weight is 322 g/mol. The molecule has 3 unspecified atom stereocenters. The summed E-state index contributed by atoms with van der Waals surface area (Å²) in [6.45, 7) is 8.54. The van der Waals surface area contributed by atoms with Gasteiger partial charge in [-0.3, -0.25) is 9.69 Å². The van der Waals surface area contributed by atoms with Gasteiger partial charge in [0, 0.05) is 25.2 Å². The van der Waals surface area contributed by atoms with Gasteiger partial charge in [-0.25, -0.2) is 0 Å². The maximum absolute atomic E-state index is 12.4. The minimum atomic E-state index is 0.236. The number of carbonyl (C=O) groups excluding carboxylic acids is 1. The second-order valence-corrected chi connectivity index (χ2v) is 8.34. The first-order valence-electron chi connectivity index (χ1n) is 9.87. The Morgan fingerprint density at radius 1 is 1.04 bits per heavy atom. The van der Waals surface area contributed by atoms with Crippen LogP contribution in [0.4, 0.5) is 0 Å². The van der Waals surface area contributed by atoms with Gasteiger partial charge in [0.15, 0.2) is 0 Å². The zero-order chi connectivity index (χ0) is 16.2. The molecular weight excluding hydrogens is 286 g/mol. The van der Waals surface area contributed by atoms with Crippen LogP contribution in [0.1, 0.15) is 58.8 Å². The van der Waals surface area contributed by atoms with Gasteiger partial charge in [0.25, 0.3) is 0 Å². The second-order valence-electron chi connectivity index (χ2n) is 8.34. The van der Waals surface area contributed by atoms with Gasteiger partial charge in [-0.15, -0.1) is 0 Å². The van der Waals surface area contributed by atoms with Gasteiger partial charge in [-0.2, -0.15) is 0 Å². The fraction of sp³-hybridized carbons (Fsp3) is 0.947. The van der Waals surface area contributed by atoms with E-state index >= 15 is 0 Å². The SMILES string of the molecule is CC1CCCC(NC(=O)CN2CCC(NCC3CC3)CC2)C1C. The summed E-state index contributed by atoms with van der Waals surface area (Å²) in [5.41, 5.74) is 0. The van der Waals surface area contributed by atoms with Gasteiger partial charge in [0.1, 0.15) is 0 Å². The van der Waals surface area contributed by atoms with E-state index in [1.807, 2.05) is 0 Å². The molecule has 1 saturated heterocycles. The van der Waals surface area contributed by atoms with Crippen LogP contribution in [0.5, 0.6) is 0 Å². The second kappa shape index (κ2) is 7.98. The largest absolute Gasteiger partial charge is 0.352 e. The smallest absolute Gasteiger partial charge is 0.234 e. The number of rotatable bonds is 6. The van der Waals surface area contributed by atoms with Crippen LogP contribution in [0, 0.1) is 17.8 Å². The lowest BCUT2D eigenvalue weighted by molar-refractivity contribution is -0.124. The van der Waals surface area contributed by atoms with Gasteiger partial charge in [0.05, 0.1) is 6.54 Å².